The van der Waals surface area contributed by atoms with Crippen LogP contribution in [0.4, 0.5) is 11.4 Å². The summed E-state index contributed by atoms with van der Waals surface area (Å²) in [6, 6.07) is 5.60. The lowest BCUT2D eigenvalue weighted by molar-refractivity contribution is -0.118. The largest absolute Gasteiger partial charge is 0.479 e. The van der Waals surface area contributed by atoms with Crippen LogP contribution in [-0.2, 0) is 14.8 Å². The monoisotopic (exact) mass is 339 g/mol. The highest BCUT2D eigenvalue weighted by Crippen LogP contribution is 2.38. The first kappa shape index (κ1) is 16.1. The zero-order valence-electron chi connectivity index (χ0n) is 13.1. The molecule has 0 aliphatic carbocycles. The van der Waals surface area contributed by atoms with Crippen molar-refractivity contribution in [3.05, 3.63) is 18.2 Å². The van der Waals surface area contributed by atoms with Crippen molar-refractivity contribution in [3.63, 3.8) is 0 Å². The summed E-state index contributed by atoms with van der Waals surface area (Å²) in [6.07, 6.45) is 0.627. The molecule has 1 aromatic carbocycles. The molecule has 1 saturated heterocycles. The van der Waals surface area contributed by atoms with Crippen LogP contribution in [-0.4, -0.2) is 57.2 Å². The molecule has 0 unspecified atom stereocenters. The molecule has 0 atom stereocenters. The molecule has 3 rings (SSSR count). The van der Waals surface area contributed by atoms with E-state index in [4.69, 9.17) is 4.74 Å². The Hall–Kier alpha value is -1.80. The molecule has 23 heavy (non-hydrogen) atoms. The van der Waals surface area contributed by atoms with Gasteiger partial charge in [0.1, 0.15) is 0 Å². The lowest BCUT2D eigenvalue weighted by Crippen LogP contribution is -2.49. The molecule has 2 aliphatic heterocycles. The molecule has 7 nitrogen and oxygen atoms in total. The highest BCUT2D eigenvalue weighted by molar-refractivity contribution is 7.89. The molecule has 0 radical (unpaired) electrons. The number of hydrogen-bond donors (Lipinski definition) is 1. The van der Waals surface area contributed by atoms with Crippen molar-refractivity contribution in [2.75, 3.05) is 48.8 Å². The molecule has 1 fully saturated rings. The molecular formula is C15H21N3O4S. The summed E-state index contributed by atoms with van der Waals surface area (Å²) in [5.41, 5.74) is 1.56. The second kappa shape index (κ2) is 6.37. The zero-order chi connectivity index (χ0) is 16.4. The van der Waals surface area contributed by atoms with Gasteiger partial charge in [0.15, 0.2) is 12.4 Å². The van der Waals surface area contributed by atoms with Gasteiger partial charge in [-0.3, -0.25) is 4.79 Å². The highest BCUT2D eigenvalue weighted by atomic mass is 32.2. The number of para-hydroxylation sites is 1. The molecule has 2 heterocycles. The maximum Gasteiger partial charge on any atom is 0.262 e. The van der Waals surface area contributed by atoms with Crippen LogP contribution in [0.25, 0.3) is 0 Å². The van der Waals surface area contributed by atoms with Crippen molar-refractivity contribution in [2.24, 2.45) is 0 Å². The predicted octanol–water partition coefficient (Wildman–Crippen LogP) is 0.879. The first-order valence-corrected chi connectivity index (χ1v) is 9.40. The Morgan fingerprint density at radius 1 is 1.22 bits per heavy atom. The van der Waals surface area contributed by atoms with Crippen LogP contribution >= 0.6 is 0 Å². The van der Waals surface area contributed by atoms with Gasteiger partial charge in [0.05, 0.1) is 17.1 Å². The van der Waals surface area contributed by atoms with Gasteiger partial charge in [-0.25, -0.2) is 8.42 Å². The Balaban J connectivity index is 1.74. The smallest absolute Gasteiger partial charge is 0.262 e. The summed E-state index contributed by atoms with van der Waals surface area (Å²) >= 11 is 0. The lowest BCUT2D eigenvalue weighted by Gasteiger charge is -2.36. The Morgan fingerprint density at radius 3 is 2.65 bits per heavy atom. The van der Waals surface area contributed by atoms with Gasteiger partial charge in [0.2, 0.25) is 10.0 Å². The van der Waals surface area contributed by atoms with Gasteiger partial charge in [0.25, 0.3) is 5.91 Å². The Morgan fingerprint density at radius 2 is 1.96 bits per heavy atom. The molecule has 0 saturated carbocycles. The molecule has 0 spiro atoms. The number of benzene rings is 1. The normalized spacial score (nSPS) is 19.0. The average Bonchev–Trinajstić information content (AvgIpc) is 2.54. The Labute approximate surface area is 136 Å². The van der Waals surface area contributed by atoms with Crippen molar-refractivity contribution < 1.29 is 17.9 Å². The number of fused-ring (bicyclic) bond motifs is 1. The van der Waals surface area contributed by atoms with Gasteiger partial charge >= 0.3 is 0 Å². The van der Waals surface area contributed by atoms with E-state index in [9.17, 15) is 13.2 Å². The zero-order valence-corrected chi connectivity index (χ0v) is 13.9. The van der Waals surface area contributed by atoms with Gasteiger partial charge in [0, 0.05) is 26.2 Å². The second-order valence-corrected chi connectivity index (χ2v) is 7.78. The number of hydrogen-bond acceptors (Lipinski definition) is 5. The molecule has 1 aromatic rings. The summed E-state index contributed by atoms with van der Waals surface area (Å²) in [5.74, 6) is 0.699. The third kappa shape index (κ3) is 3.28. The molecule has 0 bridgehead atoms. The van der Waals surface area contributed by atoms with Crippen LogP contribution in [0.15, 0.2) is 18.2 Å². The Kier molecular flexibility index (Phi) is 4.45. The highest BCUT2D eigenvalue weighted by Gasteiger charge is 2.29. The van der Waals surface area contributed by atoms with E-state index < -0.39 is 10.0 Å². The minimum Gasteiger partial charge on any atom is -0.479 e. The van der Waals surface area contributed by atoms with Crippen LogP contribution in [0.2, 0.25) is 0 Å². The van der Waals surface area contributed by atoms with Gasteiger partial charge in [-0.15, -0.1) is 0 Å². The first-order chi connectivity index (χ1) is 11.0. The van der Waals surface area contributed by atoms with Crippen molar-refractivity contribution in [3.8, 4) is 5.75 Å². The van der Waals surface area contributed by atoms with Crippen molar-refractivity contribution in [1.82, 2.24) is 4.31 Å². The molecule has 1 N–H and O–H groups in total. The molecule has 1 amide bonds. The van der Waals surface area contributed by atoms with E-state index in [1.54, 1.807) is 10.4 Å². The number of rotatable bonds is 4. The van der Waals surface area contributed by atoms with Crippen molar-refractivity contribution in [2.45, 2.75) is 13.3 Å². The van der Waals surface area contributed by atoms with E-state index in [1.165, 1.54) is 0 Å². The minimum atomic E-state index is -3.15. The summed E-state index contributed by atoms with van der Waals surface area (Å²) in [4.78, 5) is 13.5. The van der Waals surface area contributed by atoms with Gasteiger partial charge in [-0.05, 0) is 18.6 Å². The summed E-state index contributed by atoms with van der Waals surface area (Å²) in [5, 5.41) is 2.79. The van der Waals surface area contributed by atoms with Crippen LogP contribution in [0.5, 0.6) is 5.75 Å². The number of sulfonamides is 1. The molecule has 0 aromatic heterocycles. The number of nitrogens with zero attached hydrogens (tertiary/aromatic N) is 2. The summed E-state index contributed by atoms with van der Waals surface area (Å²) in [7, 11) is -3.15. The third-order valence-electron chi connectivity index (χ3n) is 4.05. The van der Waals surface area contributed by atoms with Crippen molar-refractivity contribution in [1.29, 1.82) is 0 Å². The van der Waals surface area contributed by atoms with E-state index in [0.717, 1.165) is 5.69 Å². The number of carbonyl (C=O) groups is 1. The second-order valence-electron chi connectivity index (χ2n) is 5.69. The molecular weight excluding hydrogens is 318 g/mol. The molecule has 8 heteroatoms. The SMILES string of the molecule is CCCS(=O)(=O)N1CCN(c2cccc3c2OCC(=O)N3)CC1. The average molecular weight is 339 g/mol. The third-order valence-corrected chi connectivity index (χ3v) is 6.13. The fourth-order valence-electron chi connectivity index (χ4n) is 2.94. The topological polar surface area (TPSA) is 79.0 Å². The van der Waals surface area contributed by atoms with Gasteiger partial charge in [-0.1, -0.05) is 13.0 Å². The van der Waals surface area contributed by atoms with E-state index in [-0.39, 0.29) is 18.3 Å². The van der Waals surface area contributed by atoms with E-state index in [1.807, 2.05) is 19.1 Å². The van der Waals surface area contributed by atoms with Gasteiger partial charge in [-0.2, -0.15) is 4.31 Å². The summed E-state index contributed by atoms with van der Waals surface area (Å²) in [6.45, 7) is 4.04. The van der Waals surface area contributed by atoms with E-state index in [0.29, 0.717) is 44.0 Å². The van der Waals surface area contributed by atoms with Gasteiger partial charge < -0.3 is 15.0 Å². The molecule has 126 valence electrons. The fraction of sp³-hybridized carbons (Fsp3) is 0.533. The lowest BCUT2D eigenvalue weighted by atomic mass is 10.2. The quantitative estimate of drug-likeness (QED) is 0.881. The first-order valence-electron chi connectivity index (χ1n) is 7.79. The number of ether oxygens (including phenoxy) is 1. The van der Waals surface area contributed by atoms with Crippen LogP contribution in [0, 0.1) is 0 Å². The number of carbonyl (C=O) groups excluding carboxylic acids is 1. The van der Waals surface area contributed by atoms with Crippen LogP contribution < -0.4 is 15.0 Å². The fourth-order valence-corrected chi connectivity index (χ4v) is 4.44. The number of piperazine rings is 1. The van der Waals surface area contributed by atoms with Crippen LogP contribution in [0.1, 0.15) is 13.3 Å². The van der Waals surface area contributed by atoms with Crippen LogP contribution in [0.3, 0.4) is 0 Å². The standard InChI is InChI=1S/C15H21N3O4S/c1-2-10-23(20,21)18-8-6-17(7-9-18)13-5-3-4-12-15(13)22-11-14(19)16-12/h3-5H,2,6-11H2,1H3,(H,16,19). The maximum absolute atomic E-state index is 12.1. The maximum atomic E-state index is 12.1. The Bertz CT molecular complexity index is 697. The van der Waals surface area contributed by atoms with E-state index in [2.05, 4.69) is 10.2 Å². The molecule has 2 aliphatic rings. The predicted molar refractivity (Wildman–Crippen MR) is 88.4 cm³/mol. The summed E-state index contributed by atoms with van der Waals surface area (Å²) < 4.78 is 31.4. The number of anilines is 2. The minimum absolute atomic E-state index is 0.00879. The number of amides is 1. The number of nitrogens with one attached hydrogen (secondary N) is 1. The van der Waals surface area contributed by atoms with Crippen molar-refractivity contribution >= 4 is 27.3 Å². The van der Waals surface area contributed by atoms with E-state index >= 15 is 0 Å².